The number of aromatic nitrogens is 2. The summed E-state index contributed by atoms with van der Waals surface area (Å²) in [6.07, 6.45) is 2.00. The molecule has 0 amide bonds. The minimum Gasteiger partial charge on any atom is -0.393 e. The van der Waals surface area contributed by atoms with E-state index in [1.165, 1.54) is 6.33 Å². The SMILES string of the molecule is CC1CN(c2ncnc(Cl)c2Br)CCC1O. The van der Waals surface area contributed by atoms with Crippen LogP contribution in [0, 0.1) is 5.92 Å². The Morgan fingerprint density at radius 1 is 1.56 bits per heavy atom. The lowest BCUT2D eigenvalue weighted by Crippen LogP contribution is -2.42. The van der Waals surface area contributed by atoms with E-state index in [1.807, 2.05) is 6.92 Å². The van der Waals surface area contributed by atoms with E-state index in [0.717, 1.165) is 29.8 Å². The highest BCUT2D eigenvalue weighted by Crippen LogP contribution is 2.31. The Morgan fingerprint density at radius 2 is 2.31 bits per heavy atom. The van der Waals surface area contributed by atoms with E-state index < -0.39 is 0 Å². The third-order valence-electron chi connectivity index (χ3n) is 2.89. The average molecular weight is 307 g/mol. The molecule has 4 nitrogen and oxygen atoms in total. The molecule has 16 heavy (non-hydrogen) atoms. The third kappa shape index (κ3) is 2.31. The van der Waals surface area contributed by atoms with Gasteiger partial charge in [-0.05, 0) is 28.3 Å². The Balaban J connectivity index is 2.22. The van der Waals surface area contributed by atoms with Crippen molar-refractivity contribution in [3.8, 4) is 0 Å². The van der Waals surface area contributed by atoms with Gasteiger partial charge in [-0.2, -0.15) is 0 Å². The normalized spacial score (nSPS) is 25.9. The molecule has 0 aromatic carbocycles. The second kappa shape index (κ2) is 4.85. The first-order valence-electron chi connectivity index (χ1n) is 5.18. The Morgan fingerprint density at radius 3 is 3.00 bits per heavy atom. The van der Waals surface area contributed by atoms with Gasteiger partial charge in [0.1, 0.15) is 17.3 Å². The molecule has 0 radical (unpaired) electrons. The molecule has 1 aromatic rings. The van der Waals surface area contributed by atoms with Crippen molar-refractivity contribution in [2.45, 2.75) is 19.4 Å². The molecule has 1 N–H and O–H groups in total. The van der Waals surface area contributed by atoms with Crippen LogP contribution < -0.4 is 4.90 Å². The number of rotatable bonds is 1. The average Bonchev–Trinajstić information content (AvgIpc) is 2.26. The molecular formula is C10H13BrClN3O. The molecule has 2 rings (SSSR count). The summed E-state index contributed by atoms with van der Waals surface area (Å²) in [7, 11) is 0. The van der Waals surface area contributed by atoms with Gasteiger partial charge in [-0.25, -0.2) is 9.97 Å². The summed E-state index contributed by atoms with van der Waals surface area (Å²) in [5, 5.41) is 10.1. The Bertz CT molecular complexity index is 390. The van der Waals surface area contributed by atoms with Crippen molar-refractivity contribution in [1.29, 1.82) is 0 Å². The van der Waals surface area contributed by atoms with E-state index in [9.17, 15) is 5.11 Å². The Hall–Kier alpha value is -0.390. The molecule has 1 saturated heterocycles. The van der Waals surface area contributed by atoms with Gasteiger partial charge in [0.25, 0.3) is 0 Å². The fraction of sp³-hybridized carbons (Fsp3) is 0.600. The fourth-order valence-electron chi connectivity index (χ4n) is 1.89. The van der Waals surface area contributed by atoms with Crippen LogP contribution in [0.4, 0.5) is 5.82 Å². The lowest BCUT2D eigenvalue weighted by molar-refractivity contribution is 0.0968. The van der Waals surface area contributed by atoms with Crippen molar-refractivity contribution >= 4 is 33.3 Å². The lowest BCUT2D eigenvalue weighted by Gasteiger charge is -2.35. The fourth-order valence-corrected chi connectivity index (χ4v) is 2.47. The standard InChI is InChI=1S/C10H13BrClN3O/c1-6-4-15(3-2-7(6)16)10-8(11)9(12)13-5-14-10/h5-7,16H,2-4H2,1H3. The van der Waals surface area contributed by atoms with Gasteiger partial charge in [-0.1, -0.05) is 18.5 Å². The summed E-state index contributed by atoms with van der Waals surface area (Å²) in [4.78, 5) is 10.2. The maximum Gasteiger partial charge on any atom is 0.148 e. The van der Waals surface area contributed by atoms with Crippen molar-refractivity contribution in [1.82, 2.24) is 9.97 Å². The van der Waals surface area contributed by atoms with Crippen molar-refractivity contribution < 1.29 is 5.11 Å². The molecule has 0 aliphatic carbocycles. The van der Waals surface area contributed by atoms with Crippen LogP contribution in [0.5, 0.6) is 0 Å². The zero-order valence-corrected chi connectivity index (χ0v) is 11.2. The van der Waals surface area contributed by atoms with Crippen LogP contribution in [0.3, 0.4) is 0 Å². The van der Waals surface area contributed by atoms with Gasteiger partial charge in [-0.15, -0.1) is 0 Å². The Kier molecular flexibility index (Phi) is 3.66. The zero-order valence-electron chi connectivity index (χ0n) is 8.90. The van der Waals surface area contributed by atoms with E-state index >= 15 is 0 Å². The molecule has 0 bridgehead atoms. The minimum atomic E-state index is -0.215. The Labute approximate surface area is 108 Å². The highest BCUT2D eigenvalue weighted by Gasteiger charge is 2.26. The highest BCUT2D eigenvalue weighted by molar-refractivity contribution is 9.10. The van der Waals surface area contributed by atoms with Crippen molar-refractivity contribution in [3.05, 3.63) is 16.0 Å². The van der Waals surface area contributed by atoms with Gasteiger partial charge in [0, 0.05) is 13.1 Å². The predicted octanol–water partition coefficient (Wildman–Crippen LogP) is 2.10. The van der Waals surface area contributed by atoms with E-state index in [2.05, 4.69) is 30.8 Å². The predicted molar refractivity (Wildman–Crippen MR) is 66.7 cm³/mol. The summed E-state index contributed by atoms with van der Waals surface area (Å²) in [6, 6.07) is 0. The maximum atomic E-state index is 9.67. The van der Waals surface area contributed by atoms with Gasteiger partial charge >= 0.3 is 0 Å². The topological polar surface area (TPSA) is 49.2 Å². The van der Waals surface area contributed by atoms with Crippen LogP contribution in [0.1, 0.15) is 13.3 Å². The van der Waals surface area contributed by atoms with Gasteiger partial charge in [0.2, 0.25) is 0 Å². The number of piperidine rings is 1. The van der Waals surface area contributed by atoms with Crippen LogP contribution in [-0.2, 0) is 0 Å². The maximum absolute atomic E-state index is 9.67. The number of hydrogen-bond donors (Lipinski definition) is 1. The van der Waals surface area contributed by atoms with Crippen LogP contribution in [0.15, 0.2) is 10.8 Å². The molecule has 1 aliphatic heterocycles. The van der Waals surface area contributed by atoms with Gasteiger partial charge in [0.15, 0.2) is 0 Å². The molecule has 2 atom stereocenters. The van der Waals surface area contributed by atoms with E-state index in [-0.39, 0.29) is 12.0 Å². The molecule has 1 fully saturated rings. The lowest BCUT2D eigenvalue weighted by atomic mass is 9.97. The van der Waals surface area contributed by atoms with Crippen LogP contribution in [-0.4, -0.2) is 34.3 Å². The number of aliphatic hydroxyl groups excluding tert-OH is 1. The van der Waals surface area contributed by atoms with Gasteiger partial charge in [-0.3, -0.25) is 0 Å². The van der Waals surface area contributed by atoms with Gasteiger partial charge in [0.05, 0.1) is 10.6 Å². The molecule has 2 heterocycles. The smallest absolute Gasteiger partial charge is 0.148 e. The molecule has 0 saturated carbocycles. The summed E-state index contributed by atoms with van der Waals surface area (Å²) in [5.41, 5.74) is 0. The molecular weight excluding hydrogens is 293 g/mol. The van der Waals surface area contributed by atoms with Gasteiger partial charge < -0.3 is 10.0 Å². The zero-order chi connectivity index (χ0) is 11.7. The van der Waals surface area contributed by atoms with Crippen molar-refractivity contribution in [2.75, 3.05) is 18.0 Å². The van der Waals surface area contributed by atoms with Crippen molar-refractivity contribution in [3.63, 3.8) is 0 Å². The monoisotopic (exact) mass is 305 g/mol. The number of hydrogen-bond acceptors (Lipinski definition) is 4. The quantitative estimate of drug-likeness (QED) is 0.807. The third-order valence-corrected chi connectivity index (χ3v) is 4.13. The number of aliphatic hydroxyl groups is 1. The first-order chi connectivity index (χ1) is 7.59. The van der Waals surface area contributed by atoms with Crippen molar-refractivity contribution in [2.24, 2.45) is 5.92 Å². The first kappa shape index (κ1) is 12.1. The molecule has 2 unspecified atom stereocenters. The van der Waals surface area contributed by atoms with E-state index in [1.54, 1.807) is 0 Å². The second-order valence-electron chi connectivity index (χ2n) is 4.08. The molecule has 1 aromatic heterocycles. The largest absolute Gasteiger partial charge is 0.393 e. The number of halogens is 2. The summed E-state index contributed by atoms with van der Waals surface area (Å²) >= 11 is 9.31. The van der Waals surface area contributed by atoms with E-state index in [4.69, 9.17) is 11.6 Å². The van der Waals surface area contributed by atoms with Crippen LogP contribution in [0.2, 0.25) is 5.15 Å². The number of anilines is 1. The minimum absolute atomic E-state index is 0.215. The first-order valence-corrected chi connectivity index (χ1v) is 6.35. The number of nitrogens with zero attached hydrogens (tertiary/aromatic N) is 3. The summed E-state index contributed by atoms with van der Waals surface area (Å²) in [6.45, 7) is 3.61. The molecule has 88 valence electrons. The van der Waals surface area contributed by atoms with Crippen LogP contribution in [0.25, 0.3) is 0 Å². The molecule has 0 spiro atoms. The second-order valence-corrected chi connectivity index (χ2v) is 5.23. The van der Waals surface area contributed by atoms with E-state index in [0.29, 0.717) is 5.15 Å². The summed E-state index contributed by atoms with van der Waals surface area (Å²) < 4.78 is 0.722. The summed E-state index contributed by atoms with van der Waals surface area (Å²) in [5.74, 6) is 1.05. The molecule has 6 heteroatoms. The highest BCUT2D eigenvalue weighted by atomic mass is 79.9. The molecule has 1 aliphatic rings. The van der Waals surface area contributed by atoms with Crippen LogP contribution >= 0.6 is 27.5 Å².